The fourth-order valence-electron chi connectivity index (χ4n) is 3.21. The second-order valence-electron chi connectivity index (χ2n) is 6.94. The average molecular weight is 432 g/mol. The predicted octanol–water partition coefficient (Wildman–Crippen LogP) is 1.20. The first-order valence-electron chi connectivity index (χ1n) is 9.12. The molecule has 2 aromatic rings. The van der Waals surface area contributed by atoms with Gasteiger partial charge in [0.1, 0.15) is 6.04 Å². The van der Waals surface area contributed by atoms with Crippen LogP contribution in [-0.2, 0) is 37.2 Å². The van der Waals surface area contributed by atoms with Gasteiger partial charge in [-0.25, -0.2) is 8.42 Å². The molecule has 1 aliphatic rings. The molecule has 0 aliphatic carbocycles. The molecule has 160 valence electrons. The van der Waals surface area contributed by atoms with Crippen LogP contribution in [0.2, 0.25) is 0 Å². The number of likely N-dealkylation sites (N-methyl/N-ethyl adjacent to an activating group) is 1. The van der Waals surface area contributed by atoms with Crippen molar-refractivity contribution in [3.63, 3.8) is 0 Å². The lowest BCUT2D eigenvalue weighted by molar-refractivity contribution is -0.155. The fraction of sp³-hybridized carbons (Fsp3) is 0.286. The lowest BCUT2D eigenvalue weighted by Gasteiger charge is -2.39. The Hall–Kier alpha value is -3.20. The molecule has 9 heteroatoms. The van der Waals surface area contributed by atoms with Gasteiger partial charge in [-0.1, -0.05) is 42.5 Å². The lowest BCUT2D eigenvalue weighted by atomic mass is 10.0. The highest BCUT2D eigenvalue weighted by Crippen LogP contribution is 2.20. The Morgan fingerprint density at radius 2 is 1.60 bits per heavy atom. The molecule has 0 unspecified atom stereocenters. The third-order valence-electron chi connectivity index (χ3n) is 4.71. The summed E-state index contributed by atoms with van der Waals surface area (Å²) in [4.78, 5) is 37.0. The summed E-state index contributed by atoms with van der Waals surface area (Å²) in [6.45, 7) is 0.0610. The summed E-state index contributed by atoms with van der Waals surface area (Å²) in [5.41, 5.74) is 1.77. The van der Waals surface area contributed by atoms with Crippen molar-refractivity contribution in [3.05, 3.63) is 65.7 Å². The molecule has 1 saturated heterocycles. The van der Waals surface area contributed by atoms with Gasteiger partial charge < -0.3 is 14.9 Å². The third kappa shape index (κ3) is 5.90. The van der Waals surface area contributed by atoms with Crippen LogP contribution in [0.15, 0.2) is 59.5 Å². The maximum absolute atomic E-state index is 12.7. The van der Waals surface area contributed by atoms with Gasteiger partial charge in [-0.05, 0) is 23.3 Å². The zero-order chi connectivity index (χ0) is 22.3. The van der Waals surface area contributed by atoms with E-state index in [2.05, 4.69) is 0 Å². The molecule has 2 aromatic carbocycles. The Labute approximate surface area is 175 Å². The first kappa shape index (κ1) is 23.1. The molecule has 0 saturated carbocycles. The van der Waals surface area contributed by atoms with Crippen molar-refractivity contribution in [2.45, 2.75) is 23.9 Å². The molecule has 1 fully saturated rings. The minimum Gasteiger partial charge on any atom is -0.483 e. The normalized spacial score (nSPS) is 16.7. The van der Waals surface area contributed by atoms with E-state index >= 15 is 0 Å². The van der Waals surface area contributed by atoms with Crippen molar-refractivity contribution < 1.29 is 27.9 Å². The molecular formula is C21H24N2O6S. The van der Waals surface area contributed by atoms with E-state index in [0.717, 1.165) is 17.4 Å². The number of carbonyl (C=O) groups is 3. The first-order chi connectivity index (χ1) is 14.2. The molecule has 2 amide bonds. The Kier molecular flexibility index (Phi) is 7.71. The largest absolute Gasteiger partial charge is 0.483 e. The second kappa shape index (κ2) is 10.0. The van der Waals surface area contributed by atoms with E-state index in [1.165, 1.54) is 17.0 Å². The molecule has 30 heavy (non-hydrogen) atoms. The number of hydrogen-bond acceptors (Lipinski definition) is 5. The minimum atomic E-state index is -3.27. The molecule has 0 radical (unpaired) electrons. The van der Waals surface area contributed by atoms with Crippen molar-refractivity contribution in [1.29, 1.82) is 0 Å². The summed E-state index contributed by atoms with van der Waals surface area (Å²) < 4.78 is 23.2. The molecular weight excluding hydrogens is 408 g/mol. The molecule has 1 aliphatic heterocycles. The highest BCUT2D eigenvalue weighted by Gasteiger charge is 2.37. The van der Waals surface area contributed by atoms with Crippen molar-refractivity contribution in [1.82, 2.24) is 9.80 Å². The van der Waals surface area contributed by atoms with Gasteiger partial charge in [0, 0.05) is 26.3 Å². The number of carboxylic acid groups (broad SMARTS) is 1. The third-order valence-corrected chi connectivity index (χ3v) is 5.84. The molecule has 0 aromatic heterocycles. The molecule has 1 atom stereocenters. The van der Waals surface area contributed by atoms with Crippen LogP contribution in [-0.4, -0.2) is 67.5 Å². The summed E-state index contributed by atoms with van der Waals surface area (Å²) in [6, 6.07) is 15.4. The van der Waals surface area contributed by atoms with Crippen LogP contribution in [0.25, 0.3) is 0 Å². The van der Waals surface area contributed by atoms with Crippen molar-refractivity contribution in [3.8, 4) is 0 Å². The van der Waals surface area contributed by atoms with Gasteiger partial charge in [0.15, 0.2) is 9.84 Å². The predicted molar refractivity (Wildman–Crippen MR) is 110 cm³/mol. The van der Waals surface area contributed by atoms with Gasteiger partial charge >= 0.3 is 0 Å². The van der Waals surface area contributed by atoms with Gasteiger partial charge in [-0.3, -0.25) is 14.4 Å². The topological polar surface area (TPSA) is 112 Å². The van der Waals surface area contributed by atoms with E-state index in [1.54, 1.807) is 24.1 Å². The van der Waals surface area contributed by atoms with Crippen LogP contribution >= 0.6 is 0 Å². The summed E-state index contributed by atoms with van der Waals surface area (Å²) in [7, 11) is -1.64. The molecule has 3 rings (SSSR count). The quantitative estimate of drug-likeness (QED) is 0.711. The van der Waals surface area contributed by atoms with Crippen molar-refractivity contribution >= 4 is 28.1 Å². The number of nitrogens with zero attached hydrogens (tertiary/aromatic N) is 2. The van der Waals surface area contributed by atoms with E-state index in [1.807, 2.05) is 30.3 Å². The smallest absolute Gasteiger partial charge is 0.290 e. The highest BCUT2D eigenvalue weighted by molar-refractivity contribution is 7.90. The molecule has 0 spiro atoms. The van der Waals surface area contributed by atoms with Crippen LogP contribution < -0.4 is 0 Å². The van der Waals surface area contributed by atoms with Gasteiger partial charge in [0.05, 0.1) is 11.4 Å². The molecule has 1 N–H and O–H groups in total. The number of piperazine rings is 1. The number of sulfone groups is 1. The SMILES string of the molecule is CN1CC(=O)N(Cc2ccc(S(C)(=O)=O)cc2)[C@H](Cc2ccccc2)C1=O.O=CO. The number of amides is 2. The van der Waals surface area contributed by atoms with E-state index < -0.39 is 15.9 Å². The first-order valence-corrected chi connectivity index (χ1v) is 11.0. The molecule has 8 nitrogen and oxygen atoms in total. The van der Waals surface area contributed by atoms with Crippen LogP contribution in [0.1, 0.15) is 11.1 Å². The van der Waals surface area contributed by atoms with E-state index in [-0.39, 0.29) is 36.3 Å². The van der Waals surface area contributed by atoms with E-state index in [0.29, 0.717) is 6.42 Å². The summed E-state index contributed by atoms with van der Waals surface area (Å²) in [5, 5.41) is 6.89. The monoisotopic (exact) mass is 432 g/mol. The van der Waals surface area contributed by atoms with Crippen LogP contribution in [0.4, 0.5) is 0 Å². The maximum Gasteiger partial charge on any atom is 0.290 e. The second-order valence-corrected chi connectivity index (χ2v) is 8.96. The average Bonchev–Trinajstić information content (AvgIpc) is 2.70. The van der Waals surface area contributed by atoms with Gasteiger partial charge in [-0.2, -0.15) is 0 Å². The Balaban J connectivity index is 0.00000101. The van der Waals surface area contributed by atoms with Gasteiger partial charge in [-0.15, -0.1) is 0 Å². The van der Waals surface area contributed by atoms with Crippen molar-refractivity contribution in [2.24, 2.45) is 0 Å². The Morgan fingerprint density at radius 3 is 2.13 bits per heavy atom. The lowest BCUT2D eigenvalue weighted by Crippen LogP contribution is -2.59. The van der Waals surface area contributed by atoms with E-state index in [4.69, 9.17) is 9.90 Å². The van der Waals surface area contributed by atoms with Crippen molar-refractivity contribution in [2.75, 3.05) is 19.8 Å². The Morgan fingerprint density at radius 1 is 1.03 bits per heavy atom. The summed E-state index contributed by atoms with van der Waals surface area (Å²) >= 11 is 0. The zero-order valence-corrected chi connectivity index (χ0v) is 17.6. The summed E-state index contributed by atoms with van der Waals surface area (Å²) in [6.07, 6.45) is 1.59. The molecule has 1 heterocycles. The van der Waals surface area contributed by atoms with Crippen LogP contribution in [0.3, 0.4) is 0 Å². The van der Waals surface area contributed by atoms with Gasteiger partial charge in [0.2, 0.25) is 11.8 Å². The van der Waals surface area contributed by atoms with Crippen LogP contribution in [0.5, 0.6) is 0 Å². The number of benzene rings is 2. The standard InChI is InChI=1S/C20H22N2O4S.CH2O2/c1-21-14-19(23)22(13-16-8-10-17(11-9-16)27(2,25)26)18(20(21)24)12-15-6-4-3-5-7-15;2-1-3/h3-11,18H,12-14H2,1-2H3;1H,(H,2,3)/t18-;/m1./s1. The van der Waals surface area contributed by atoms with Gasteiger partial charge in [0.25, 0.3) is 6.47 Å². The molecule has 0 bridgehead atoms. The van der Waals surface area contributed by atoms with E-state index in [9.17, 15) is 18.0 Å². The highest BCUT2D eigenvalue weighted by atomic mass is 32.2. The number of hydrogen-bond donors (Lipinski definition) is 1. The number of carbonyl (C=O) groups excluding carboxylic acids is 2. The zero-order valence-electron chi connectivity index (χ0n) is 16.8. The maximum atomic E-state index is 12.7. The minimum absolute atomic E-state index is 0.0472. The number of rotatable bonds is 5. The fourth-order valence-corrected chi connectivity index (χ4v) is 3.84. The Bertz CT molecular complexity index is 990. The van der Waals surface area contributed by atoms with Crippen LogP contribution in [0, 0.1) is 0 Å². The summed E-state index contributed by atoms with van der Waals surface area (Å²) in [5.74, 6) is -0.212.